The van der Waals surface area contributed by atoms with Crippen LogP contribution in [0.2, 0.25) is 5.02 Å². The minimum Gasteiger partial charge on any atom is -0.479 e. The predicted molar refractivity (Wildman–Crippen MR) is 66.4 cm³/mol. The lowest BCUT2D eigenvalue weighted by Crippen LogP contribution is -2.46. The first-order chi connectivity index (χ1) is 8.72. The molecule has 5 nitrogen and oxygen atoms in total. The molecule has 0 aliphatic heterocycles. The Bertz CT molecular complexity index is 505. The van der Waals surface area contributed by atoms with Crippen LogP contribution in [0.3, 0.4) is 0 Å². The summed E-state index contributed by atoms with van der Waals surface area (Å²) < 4.78 is 12.8. The third-order valence-corrected chi connectivity index (χ3v) is 2.81. The summed E-state index contributed by atoms with van der Waals surface area (Å²) in [6.45, 7) is 0.639. The van der Waals surface area contributed by atoms with Crippen LogP contribution >= 0.6 is 11.6 Å². The van der Waals surface area contributed by atoms with Crippen molar-refractivity contribution in [1.29, 1.82) is 0 Å². The minimum atomic E-state index is -2.04. The summed E-state index contributed by atoms with van der Waals surface area (Å²) in [6.07, 6.45) is -0.130. The van der Waals surface area contributed by atoms with Gasteiger partial charge < -0.3 is 15.5 Å². The van der Waals surface area contributed by atoms with Crippen LogP contribution in [0.15, 0.2) is 18.2 Å². The Hall–Kier alpha value is -1.66. The molecule has 0 spiro atoms. The van der Waals surface area contributed by atoms with Gasteiger partial charge >= 0.3 is 5.97 Å². The van der Waals surface area contributed by atoms with Gasteiger partial charge in [0.1, 0.15) is 5.82 Å². The lowest BCUT2D eigenvalue weighted by Gasteiger charge is -2.18. The van der Waals surface area contributed by atoms with E-state index >= 15 is 0 Å². The number of carbonyl (C=O) groups excluding carboxylic acids is 1. The topological polar surface area (TPSA) is 86.6 Å². The zero-order valence-electron chi connectivity index (χ0n) is 10.1. The number of carboxylic acid groups (broad SMARTS) is 1. The van der Waals surface area contributed by atoms with E-state index in [0.717, 1.165) is 13.0 Å². The molecular weight excluding hydrogens is 277 g/mol. The molecule has 0 bridgehead atoms. The fraction of sp³-hybridized carbons (Fsp3) is 0.333. The molecule has 3 N–H and O–H groups in total. The van der Waals surface area contributed by atoms with Crippen LogP contribution in [0, 0.1) is 5.82 Å². The van der Waals surface area contributed by atoms with Gasteiger partial charge in [0.05, 0.1) is 13.0 Å². The Balaban J connectivity index is 2.59. The fourth-order valence-electron chi connectivity index (χ4n) is 1.25. The second kappa shape index (κ2) is 5.99. The molecule has 1 unspecified atom stereocenters. The Morgan fingerprint density at radius 1 is 1.47 bits per heavy atom. The van der Waals surface area contributed by atoms with Crippen LogP contribution in [-0.4, -0.2) is 34.2 Å². The number of hydrogen-bond acceptors (Lipinski definition) is 3. The number of aliphatic hydroxyl groups is 1. The first kappa shape index (κ1) is 15.4. The third kappa shape index (κ3) is 4.50. The molecule has 19 heavy (non-hydrogen) atoms. The first-order valence-corrected chi connectivity index (χ1v) is 5.76. The highest BCUT2D eigenvalue weighted by Crippen LogP contribution is 2.17. The number of carbonyl (C=O) groups is 2. The van der Waals surface area contributed by atoms with Crippen molar-refractivity contribution in [2.24, 2.45) is 0 Å². The van der Waals surface area contributed by atoms with E-state index in [2.05, 4.69) is 5.32 Å². The number of rotatable bonds is 5. The van der Waals surface area contributed by atoms with Crippen molar-refractivity contribution in [2.45, 2.75) is 18.9 Å². The van der Waals surface area contributed by atoms with Crippen LogP contribution < -0.4 is 5.32 Å². The molecule has 0 aliphatic rings. The summed E-state index contributed by atoms with van der Waals surface area (Å²) in [5.74, 6) is -2.47. The number of carboxylic acids is 1. The van der Waals surface area contributed by atoms with Crippen LogP contribution in [0.4, 0.5) is 4.39 Å². The highest BCUT2D eigenvalue weighted by Gasteiger charge is 2.30. The molecule has 0 saturated heterocycles. The van der Waals surface area contributed by atoms with E-state index in [9.17, 15) is 19.1 Å². The molecule has 0 heterocycles. The average molecular weight is 290 g/mol. The van der Waals surface area contributed by atoms with Crippen LogP contribution in [0.25, 0.3) is 0 Å². The monoisotopic (exact) mass is 289 g/mol. The van der Waals surface area contributed by atoms with E-state index in [0.29, 0.717) is 5.56 Å². The molecule has 1 aromatic carbocycles. The molecule has 0 fully saturated rings. The summed E-state index contributed by atoms with van der Waals surface area (Å²) in [5, 5.41) is 20.4. The van der Waals surface area contributed by atoms with Gasteiger partial charge in [0.25, 0.3) is 0 Å². The largest absolute Gasteiger partial charge is 0.479 e. The zero-order valence-corrected chi connectivity index (χ0v) is 10.9. The standard InChI is InChI=1S/C12H13ClFNO4/c1-12(19,11(17)18)6-15-10(16)4-7-2-3-8(14)5-9(7)13/h2-3,5,19H,4,6H2,1H3,(H,15,16)(H,17,18). The molecule has 104 valence electrons. The predicted octanol–water partition coefficient (Wildman–Crippen LogP) is 0.973. The zero-order chi connectivity index (χ0) is 14.6. The molecule has 1 amide bonds. The normalized spacial score (nSPS) is 13.7. The van der Waals surface area contributed by atoms with Crippen LogP contribution in [0.5, 0.6) is 0 Å². The summed E-state index contributed by atoms with van der Waals surface area (Å²) >= 11 is 5.75. The van der Waals surface area contributed by atoms with Crippen LogP contribution in [-0.2, 0) is 16.0 Å². The van der Waals surface area contributed by atoms with Gasteiger partial charge in [-0.1, -0.05) is 17.7 Å². The molecule has 0 radical (unpaired) electrons. The van der Waals surface area contributed by atoms with Gasteiger partial charge in [-0.2, -0.15) is 0 Å². The summed E-state index contributed by atoms with van der Waals surface area (Å²) in [6, 6.07) is 3.62. The van der Waals surface area contributed by atoms with Crippen molar-refractivity contribution >= 4 is 23.5 Å². The Labute approximate surface area is 114 Å². The van der Waals surface area contributed by atoms with Gasteiger partial charge in [0.2, 0.25) is 5.91 Å². The van der Waals surface area contributed by atoms with Crippen molar-refractivity contribution < 1.29 is 24.2 Å². The molecule has 7 heteroatoms. The summed E-state index contributed by atoms with van der Waals surface area (Å²) in [4.78, 5) is 22.2. The maximum absolute atomic E-state index is 12.8. The fourth-order valence-corrected chi connectivity index (χ4v) is 1.48. The van der Waals surface area contributed by atoms with Gasteiger partial charge in [-0.05, 0) is 24.6 Å². The Kier molecular flexibility index (Phi) is 4.85. The van der Waals surface area contributed by atoms with Gasteiger partial charge in [-0.15, -0.1) is 0 Å². The molecule has 1 aromatic rings. The third-order valence-electron chi connectivity index (χ3n) is 2.46. The Morgan fingerprint density at radius 2 is 2.11 bits per heavy atom. The Morgan fingerprint density at radius 3 is 2.63 bits per heavy atom. The van der Waals surface area contributed by atoms with Gasteiger partial charge in [-0.3, -0.25) is 4.79 Å². The SMILES string of the molecule is CC(O)(CNC(=O)Cc1ccc(F)cc1Cl)C(=O)O. The maximum atomic E-state index is 12.8. The molecule has 0 saturated carbocycles. The van der Waals surface area contributed by atoms with Gasteiger partial charge in [-0.25, -0.2) is 9.18 Å². The van der Waals surface area contributed by atoms with Gasteiger partial charge in [0, 0.05) is 5.02 Å². The number of nitrogens with one attached hydrogen (secondary N) is 1. The quantitative estimate of drug-likeness (QED) is 0.754. The van der Waals surface area contributed by atoms with E-state index in [1.165, 1.54) is 12.1 Å². The van der Waals surface area contributed by atoms with Crippen molar-refractivity contribution in [2.75, 3.05) is 6.54 Å². The van der Waals surface area contributed by atoms with Crippen molar-refractivity contribution in [1.82, 2.24) is 5.32 Å². The molecule has 1 atom stereocenters. The lowest BCUT2D eigenvalue weighted by molar-refractivity contribution is -0.156. The first-order valence-electron chi connectivity index (χ1n) is 5.39. The van der Waals surface area contributed by atoms with Gasteiger partial charge in [0.15, 0.2) is 5.60 Å². The average Bonchev–Trinajstić information content (AvgIpc) is 2.30. The van der Waals surface area contributed by atoms with E-state index in [1.54, 1.807) is 0 Å². The minimum absolute atomic E-state index is 0.111. The van der Waals surface area contributed by atoms with Crippen LogP contribution in [0.1, 0.15) is 12.5 Å². The number of aliphatic carboxylic acids is 1. The number of halogens is 2. The smallest absolute Gasteiger partial charge is 0.337 e. The molecule has 1 rings (SSSR count). The molecule has 0 aromatic heterocycles. The number of hydrogen-bond donors (Lipinski definition) is 3. The second-order valence-corrected chi connectivity index (χ2v) is 4.68. The van der Waals surface area contributed by atoms with E-state index in [4.69, 9.17) is 16.7 Å². The highest BCUT2D eigenvalue weighted by atomic mass is 35.5. The highest BCUT2D eigenvalue weighted by molar-refractivity contribution is 6.31. The summed E-state index contributed by atoms with van der Waals surface area (Å²) in [5.41, 5.74) is -1.63. The molecule has 0 aliphatic carbocycles. The maximum Gasteiger partial charge on any atom is 0.337 e. The van der Waals surface area contributed by atoms with Crippen molar-refractivity contribution in [3.63, 3.8) is 0 Å². The molecular formula is C12H13ClFNO4. The van der Waals surface area contributed by atoms with E-state index < -0.39 is 29.8 Å². The second-order valence-electron chi connectivity index (χ2n) is 4.27. The van der Waals surface area contributed by atoms with E-state index in [-0.39, 0.29) is 11.4 Å². The lowest BCUT2D eigenvalue weighted by atomic mass is 10.1. The van der Waals surface area contributed by atoms with Crippen molar-refractivity contribution in [3.8, 4) is 0 Å². The number of benzene rings is 1. The van der Waals surface area contributed by atoms with Crippen molar-refractivity contribution in [3.05, 3.63) is 34.6 Å². The van der Waals surface area contributed by atoms with E-state index in [1.807, 2.05) is 0 Å². The number of amides is 1. The summed E-state index contributed by atoms with van der Waals surface area (Å²) in [7, 11) is 0.